The number of aryl methyl sites for hydroxylation is 2. The highest BCUT2D eigenvalue weighted by Crippen LogP contribution is 2.25. The molecule has 0 fully saturated rings. The molecule has 3 rings (SSSR count). The third-order valence-electron chi connectivity index (χ3n) is 3.87. The summed E-state index contributed by atoms with van der Waals surface area (Å²) in [6.07, 6.45) is 1.60. The normalized spacial score (nSPS) is 11.5. The third-order valence-corrected chi connectivity index (χ3v) is 5.93. The van der Waals surface area contributed by atoms with Crippen LogP contribution in [0.2, 0.25) is 0 Å². The van der Waals surface area contributed by atoms with Crippen molar-refractivity contribution >= 4 is 31.8 Å². The van der Waals surface area contributed by atoms with Crippen molar-refractivity contribution in [2.75, 3.05) is 4.72 Å². The molecule has 5 nitrogen and oxygen atoms in total. The van der Waals surface area contributed by atoms with E-state index in [9.17, 15) is 12.8 Å². The fourth-order valence-corrected chi connectivity index (χ4v) is 4.42. The van der Waals surface area contributed by atoms with E-state index in [1.165, 1.54) is 10.7 Å². The number of hydrogen-bond acceptors (Lipinski definition) is 3. The number of aromatic nitrogens is 2. The Hall–Kier alpha value is -2.19. The molecule has 1 N–H and O–H groups in total. The summed E-state index contributed by atoms with van der Waals surface area (Å²) in [5.74, 6) is -0.182. The molecule has 0 unspecified atom stereocenters. The first-order chi connectivity index (χ1) is 12.3. The van der Waals surface area contributed by atoms with E-state index in [-0.39, 0.29) is 23.1 Å². The molecule has 0 radical (unpaired) electrons. The SMILES string of the molecule is Cc1ccc(C)c(S(=O)(=O)Nc2nn(Cc3ccccc3F)cc2Br)c1. The molecular formula is C18H17BrFN3O2S. The van der Waals surface area contributed by atoms with Crippen molar-refractivity contribution in [2.24, 2.45) is 0 Å². The van der Waals surface area contributed by atoms with Crippen LogP contribution < -0.4 is 4.72 Å². The van der Waals surface area contributed by atoms with Crippen LogP contribution in [0.1, 0.15) is 16.7 Å². The number of nitrogens with zero attached hydrogens (tertiary/aromatic N) is 2. The van der Waals surface area contributed by atoms with Gasteiger partial charge in [0.15, 0.2) is 5.82 Å². The van der Waals surface area contributed by atoms with Gasteiger partial charge in [0.2, 0.25) is 0 Å². The number of rotatable bonds is 5. The second kappa shape index (κ2) is 7.20. The van der Waals surface area contributed by atoms with Crippen molar-refractivity contribution in [3.8, 4) is 0 Å². The molecule has 1 aromatic heterocycles. The quantitative estimate of drug-likeness (QED) is 0.648. The van der Waals surface area contributed by atoms with Crippen LogP contribution in [0.5, 0.6) is 0 Å². The summed E-state index contributed by atoms with van der Waals surface area (Å²) in [7, 11) is -3.79. The minimum atomic E-state index is -3.79. The maximum absolute atomic E-state index is 13.8. The van der Waals surface area contributed by atoms with Crippen molar-refractivity contribution < 1.29 is 12.8 Å². The standard InChI is InChI=1S/C18H17BrFN3O2S/c1-12-7-8-13(2)17(9-12)26(24,25)22-18-15(19)11-23(21-18)10-14-5-3-4-6-16(14)20/h3-9,11H,10H2,1-2H3,(H,21,22). The highest BCUT2D eigenvalue weighted by molar-refractivity contribution is 9.10. The van der Waals surface area contributed by atoms with Crippen LogP contribution in [0.3, 0.4) is 0 Å². The Morgan fingerprint density at radius 2 is 1.92 bits per heavy atom. The van der Waals surface area contributed by atoms with Gasteiger partial charge in [0.1, 0.15) is 5.82 Å². The highest BCUT2D eigenvalue weighted by atomic mass is 79.9. The lowest BCUT2D eigenvalue weighted by Crippen LogP contribution is -2.15. The zero-order valence-electron chi connectivity index (χ0n) is 14.2. The van der Waals surface area contributed by atoms with Gasteiger partial charge in [-0.05, 0) is 53.0 Å². The average Bonchev–Trinajstić information content (AvgIpc) is 2.90. The van der Waals surface area contributed by atoms with Gasteiger partial charge in [0, 0.05) is 11.8 Å². The predicted molar refractivity (Wildman–Crippen MR) is 102 cm³/mol. The van der Waals surface area contributed by atoms with Gasteiger partial charge < -0.3 is 0 Å². The summed E-state index contributed by atoms with van der Waals surface area (Å²) in [6.45, 7) is 3.76. The lowest BCUT2D eigenvalue weighted by Gasteiger charge is -2.10. The van der Waals surface area contributed by atoms with Crippen molar-refractivity contribution in [3.63, 3.8) is 0 Å². The number of anilines is 1. The van der Waals surface area contributed by atoms with Crippen molar-refractivity contribution in [1.29, 1.82) is 0 Å². The Bertz CT molecular complexity index is 1060. The van der Waals surface area contributed by atoms with Crippen molar-refractivity contribution in [1.82, 2.24) is 9.78 Å². The Morgan fingerprint density at radius 3 is 2.65 bits per heavy atom. The summed E-state index contributed by atoms with van der Waals surface area (Å²) >= 11 is 3.30. The molecular weight excluding hydrogens is 421 g/mol. The van der Waals surface area contributed by atoms with E-state index >= 15 is 0 Å². The first-order valence-corrected chi connectivity index (χ1v) is 10.1. The fourth-order valence-electron chi connectivity index (χ4n) is 2.53. The van der Waals surface area contributed by atoms with Crippen LogP contribution in [0, 0.1) is 19.7 Å². The van der Waals surface area contributed by atoms with Gasteiger partial charge in [-0.15, -0.1) is 0 Å². The zero-order chi connectivity index (χ0) is 18.9. The Labute approximate surface area is 160 Å². The van der Waals surface area contributed by atoms with E-state index in [2.05, 4.69) is 25.8 Å². The molecule has 0 aliphatic heterocycles. The lowest BCUT2D eigenvalue weighted by atomic mass is 10.2. The fraction of sp³-hybridized carbons (Fsp3) is 0.167. The Morgan fingerprint density at radius 1 is 1.19 bits per heavy atom. The maximum atomic E-state index is 13.8. The molecule has 0 amide bonds. The zero-order valence-corrected chi connectivity index (χ0v) is 16.6. The van der Waals surface area contributed by atoms with Crippen LogP contribution in [-0.2, 0) is 16.6 Å². The maximum Gasteiger partial charge on any atom is 0.263 e. The van der Waals surface area contributed by atoms with Crippen molar-refractivity contribution in [3.05, 3.63) is 75.6 Å². The molecule has 3 aromatic rings. The van der Waals surface area contributed by atoms with E-state index in [0.29, 0.717) is 15.6 Å². The third kappa shape index (κ3) is 3.96. The molecule has 0 aliphatic rings. The van der Waals surface area contributed by atoms with E-state index in [0.717, 1.165) is 5.56 Å². The summed E-state index contributed by atoms with van der Waals surface area (Å²) in [5.41, 5.74) is 1.96. The van der Waals surface area contributed by atoms with E-state index < -0.39 is 10.0 Å². The number of hydrogen-bond donors (Lipinski definition) is 1. The minimum Gasteiger partial charge on any atom is -0.265 e. The molecule has 0 aliphatic carbocycles. The van der Waals surface area contributed by atoms with Crippen LogP contribution >= 0.6 is 15.9 Å². The van der Waals surface area contributed by atoms with Gasteiger partial charge in [-0.1, -0.05) is 30.3 Å². The summed E-state index contributed by atoms with van der Waals surface area (Å²) in [5, 5.41) is 4.22. The number of sulfonamides is 1. The average molecular weight is 438 g/mol. The molecule has 0 saturated heterocycles. The molecule has 0 atom stereocenters. The number of halogens is 2. The van der Waals surface area contributed by atoms with Gasteiger partial charge in [-0.2, -0.15) is 5.10 Å². The molecule has 8 heteroatoms. The lowest BCUT2D eigenvalue weighted by molar-refractivity contribution is 0.585. The van der Waals surface area contributed by atoms with Gasteiger partial charge in [0.05, 0.1) is 15.9 Å². The van der Waals surface area contributed by atoms with E-state index in [1.807, 2.05) is 13.0 Å². The largest absolute Gasteiger partial charge is 0.265 e. The highest BCUT2D eigenvalue weighted by Gasteiger charge is 2.20. The van der Waals surface area contributed by atoms with Crippen LogP contribution in [-0.4, -0.2) is 18.2 Å². The molecule has 136 valence electrons. The van der Waals surface area contributed by atoms with Crippen molar-refractivity contribution in [2.45, 2.75) is 25.3 Å². The van der Waals surface area contributed by atoms with Crippen LogP contribution in [0.15, 0.2) is 58.0 Å². The van der Waals surface area contributed by atoms with Gasteiger partial charge in [0.25, 0.3) is 10.0 Å². The van der Waals surface area contributed by atoms with Gasteiger partial charge in [-0.3, -0.25) is 9.40 Å². The van der Waals surface area contributed by atoms with Gasteiger partial charge in [-0.25, -0.2) is 12.8 Å². The number of nitrogens with one attached hydrogen (secondary N) is 1. The topological polar surface area (TPSA) is 64.0 Å². The molecule has 2 aromatic carbocycles. The molecule has 0 bridgehead atoms. The number of benzene rings is 2. The summed E-state index contributed by atoms with van der Waals surface area (Å²) in [6, 6.07) is 11.6. The molecule has 0 saturated carbocycles. The van der Waals surface area contributed by atoms with E-state index in [1.54, 1.807) is 43.5 Å². The summed E-state index contributed by atoms with van der Waals surface area (Å²) < 4.78 is 43.6. The van der Waals surface area contributed by atoms with Crippen LogP contribution in [0.25, 0.3) is 0 Å². The molecule has 1 heterocycles. The minimum absolute atomic E-state index is 0.155. The molecule has 26 heavy (non-hydrogen) atoms. The van der Waals surface area contributed by atoms with E-state index in [4.69, 9.17) is 0 Å². The second-order valence-electron chi connectivity index (χ2n) is 5.99. The predicted octanol–water partition coefficient (Wildman–Crippen LogP) is 4.25. The Kier molecular flexibility index (Phi) is 5.15. The summed E-state index contributed by atoms with van der Waals surface area (Å²) in [4.78, 5) is 0.202. The monoisotopic (exact) mass is 437 g/mol. The smallest absolute Gasteiger partial charge is 0.263 e. The van der Waals surface area contributed by atoms with Gasteiger partial charge >= 0.3 is 0 Å². The first kappa shape index (κ1) is 18.6. The Balaban J connectivity index is 1.88. The second-order valence-corrected chi connectivity index (χ2v) is 8.49. The van der Waals surface area contributed by atoms with Crippen LogP contribution in [0.4, 0.5) is 10.2 Å². The first-order valence-electron chi connectivity index (χ1n) is 7.83. The molecule has 0 spiro atoms.